The van der Waals surface area contributed by atoms with Gasteiger partial charge in [0.05, 0.1) is 12.1 Å². The number of para-hydroxylation sites is 1. The molecule has 0 fully saturated rings. The van der Waals surface area contributed by atoms with Crippen molar-refractivity contribution in [1.29, 1.82) is 0 Å². The van der Waals surface area contributed by atoms with Crippen molar-refractivity contribution in [3.63, 3.8) is 0 Å². The van der Waals surface area contributed by atoms with E-state index in [1.165, 1.54) is 16.7 Å². The molecule has 0 saturated heterocycles. The molecule has 2 N–H and O–H groups in total. The molecule has 3 rings (SSSR count). The van der Waals surface area contributed by atoms with Gasteiger partial charge in [0.15, 0.2) is 5.69 Å². The third kappa shape index (κ3) is 3.88. The highest BCUT2D eigenvalue weighted by atomic mass is 19.1. The molecule has 2 amide bonds. The van der Waals surface area contributed by atoms with Gasteiger partial charge >= 0.3 is 0 Å². The Bertz CT molecular complexity index is 1110. The number of fused-ring (bicyclic) bond motifs is 1. The molecule has 0 spiro atoms. The Kier molecular flexibility index (Phi) is 5.46. The molecule has 7 nitrogen and oxygen atoms in total. The summed E-state index contributed by atoms with van der Waals surface area (Å²) in [6.07, 6.45) is 5.32. The van der Waals surface area contributed by atoms with Crippen LogP contribution < -0.4 is 5.32 Å². The lowest BCUT2D eigenvalue weighted by Gasteiger charge is -2.02. The number of amides is 2. The number of terminal acetylenes is 1. The van der Waals surface area contributed by atoms with Crippen LogP contribution in [0.5, 0.6) is 5.88 Å². The number of halogens is 1. The Balaban J connectivity index is 1.72. The molecular formula is C20H15FN4O3. The molecule has 0 aliphatic carbocycles. The molecule has 2 aromatic carbocycles. The Morgan fingerprint density at radius 2 is 1.89 bits per heavy atom. The van der Waals surface area contributed by atoms with E-state index in [-0.39, 0.29) is 23.7 Å². The molecule has 0 aliphatic rings. The molecule has 0 atom stereocenters. The molecule has 28 heavy (non-hydrogen) atoms. The Hall–Kier alpha value is -3.99. The summed E-state index contributed by atoms with van der Waals surface area (Å²) in [5.74, 6) is 0.506. The summed E-state index contributed by atoms with van der Waals surface area (Å²) in [6.45, 7) is -0.271. The molecule has 0 bridgehead atoms. The van der Waals surface area contributed by atoms with Crippen LogP contribution in [-0.2, 0) is 11.3 Å². The molecule has 1 aromatic heterocycles. The van der Waals surface area contributed by atoms with E-state index in [2.05, 4.69) is 21.5 Å². The van der Waals surface area contributed by atoms with Gasteiger partial charge < -0.3 is 10.4 Å². The van der Waals surface area contributed by atoms with Gasteiger partial charge in [-0.1, -0.05) is 24.1 Å². The summed E-state index contributed by atoms with van der Waals surface area (Å²) in [5.41, 5.74) is 0.981. The minimum absolute atomic E-state index is 0.115. The van der Waals surface area contributed by atoms with E-state index in [4.69, 9.17) is 6.42 Å². The van der Waals surface area contributed by atoms with E-state index < -0.39 is 24.2 Å². The second-order valence-corrected chi connectivity index (χ2v) is 5.76. The number of carbonyl (C=O) groups is 2. The van der Waals surface area contributed by atoms with Gasteiger partial charge in [-0.15, -0.1) is 16.7 Å². The summed E-state index contributed by atoms with van der Waals surface area (Å²) in [7, 11) is 0. The lowest BCUT2D eigenvalue weighted by Crippen LogP contribution is -2.28. The molecule has 0 saturated carbocycles. The van der Waals surface area contributed by atoms with Crippen LogP contribution in [0.4, 0.5) is 10.1 Å². The van der Waals surface area contributed by atoms with Crippen LogP contribution in [0, 0.1) is 18.2 Å². The van der Waals surface area contributed by atoms with Gasteiger partial charge in [-0.3, -0.25) is 14.2 Å². The van der Waals surface area contributed by atoms with E-state index in [1.54, 1.807) is 24.3 Å². The van der Waals surface area contributed by atoms with E-state index in [9.17, 15) is 19.1 Å². The summed E-state index contributed by atoms with van der Waals surface area (Å²) < 4.78 is 14.3. The van der Waals surface area contributed by atoms with Crippen molar-refractivity contribution < 1.29 is 19.1 Å². The lowest BCUT2D eigenvalue weighted by molar-refractivity contribution is -0.117. The zero-order chi connectivity index (χ0) is 20.1. The maximum Gasteiger partial charge on any atom is 0.283 e. The van der Waals surface area contributed by atoms with Crippen molar-refractivity contribution in [2.75, 3.05) is 6.54 Å². The average Bonchev–Trinajstić information content (AvgIpc) is 2.97. The maximum absolute atomic E-state index is 12.9. The number of hydrogen-bond acceptors (Lipinski definition) is 4. The second-order valence-electron chi connectivity index (χ2n) is 5.76. The van der Waals surface area contributed by atoms with Crippen LogP contribution in [0.25, 0.3) is 10.9 Å². The smallest absolute Gasteiger partial charge is 0.283 e. The quantitative estimate of drug-likeness (QED) is 0.527. The second kappa shape index (κ2) is 8.14. The van der Waals surface area contributed by atoms with Crippen LogP contribution in [0.15, 0.2) is 58.8 Å². The van der Waals surface area contributed by atoms with E-state index in [0.717, 1.165) is 12.1 Å². The van der Waals surface area contributed by atoms with Crippen LogP contribution in [0.1, 0.15) is 10.4 Å². The number of aromatic hydroxyl groups is 1. The van der Waals surface area contributed by atoms with Gasteiger partial charge in [0, 0.05) is 10.9 Å². The largest absolute Gasteiger partial charge is 0.493 e. The van der Waals surface area contributed by atoms with Gasteiger partial charge in [0.25, 0.3) is 11.8 Å². The summed E-state index contributed by atoms with van der Waals surface area (Å²) >= 11 is 0. The van der Waals surface area contributed by atoms with E-state index >= 15 is 0 Å². The fraction of sp³-hybridized carbons (Fsp3) is 0.100. The minimum atomic E-state index is -0.719. The van der Waals surface area contributed by atoms with Crippen molar-refractivity contribution in [2.45, 2.75) is 6.54 Å². The first-order valence-corrected chi connectivity index (χ1v) is 8.23. The van der Waals surface area contributed by atoms with Crippen molar-refractivity contribution in [2.24, 2.45) is 10.2 Å². The predicted octanol–water partition coefficient (Wildman–Crippen LogP) is 3.16. The third-order valence-electron chi connectivity index (χ3n) is 3.93. The number of hydrogen-bond donors (Lipinski definition) is 2. The molecule has 8 heteroatoms. The number of carbonyl (C=O) groups excluding carboxylic acids is 2. The van der Waals surface area contributed by atoms with Crippen molar-refractivity contribution >= 4 is 28.4 Å². The predicted molar refractivity (Wildman–Crippen MR) is 101 cm³/mol. The first-order chi connectivity index (χ1) is 13.5. The normalized spacial score (nSPS) is 10.9. The topological polar surface area (TPSA) is 96.0 Å². The standard InChI is InChI=1S/C20H15FN4O3/c1-2-11-25-16-6-4-3-5-15(16)18(20(25)28)24-23-17(26)12-22-19(27)13-7-9-14(21)10-8-13/h1,3-10,28H,11-12H2,(H,22,27). The number of benzene rings is 2. The number of nitrogens with zero attached hydrogens (tertiary/aromatic N) is 3. The molecule has 1 heterocycles. The van der Waals surface area contributed by atoms with Gasteiger partial charge in [0.1, 0.15) is 12.4 Å². The average molecular weight is 378 g/mol. The SMILES string of the molecule is C#CCn1c(O)c(N=NC(=O)CNC(=O)c2ccc(F)cc2)c2ccccc21. The van der Waals surface area contributed by atoms with Gasteiger partial charge in [-0.2, -0.15) is 0 Å². The van der Waals surface area contributed by atoms with Crippen molar-refractivity contribution in [3.8, 4) is 18.2 Å². The third-order valence-corrected chi connectivity index (χ3v) is 3.93. The number of aromatic nitrogens is 1. The Morgan fingerprint density at radius 3 is 2.61 bits per heavy atom. The summed E-state index contributed by atoms with van der Waals surface area (Å²) in [6, 6.07) is 11.9. The van der Waals surface area contributed by atoms with Crippen LogP contribution in [0.2, 0.25) is 0 Å². The number of azo groups is 1. The molecular weight excluding hydrogens is 363 g/mol. The highest BCUT2D eigenvalue weighted by molar-refractivity contribution is 5.97. The minimum Gasteiger partial charge on any atom is -0.493 e. The highest BCUT2D eigenvalue weighted by Gasteiger charge is 2.16. The maximum atomic E-state index is 12.9. The van der Waals surface area contributed by atoms with Crippen LogP contribution >= 0.6 is 0 Å². The Morgan fingerprint density at radius 1 is 1.18 bits per heavy atom. The van der Waals surface area contributed by atoms with Crippen molar-refractivity contribution in [3.05, 3.63) is 59.9 Å². The summed E-state index contributed by atoms with van der Waals surface area (Å²) in [5, 5.41) is 20.7. The molecule has 0 aliphatic heterocycles. The fourth-order valence-electron chi connectivity index (χ4n) is 2.62. The summed E-state index contributed by atoms with van der Waals surface area (Å²) in [4.78, 5) is 23.8. The molecule has 3 aromatic rings. The monoisotopic (exact) mass is 378 g/mol. The molecule has 0 radical (unpaired) electrons. The van der Waals surface area contributed by atoms with E-state index in [1.807, 2.05) is 0 Å². The number of nitrogens with one attached hydrogen (secondary N) is 1. The van der Waals surface area contributed by atoms with Gasteiger partial charge in [-0.25, -0.2) is 4.39 Å². The van der Waals surface area contributed by atoms with Gasteiger partial charge in [0.2, 0.25) is 5.88 Å². The zero-order valence-corrected chi connectivity index (χ0v) is 14.6. The fourth-order valence-corrected chi connectivity index (χ4v) is 2.62. The number of rotatable bonds is 5. The first kappa shape index (κ1) is 18.8. The van der Waals surface area contributed by atoms with Gasteiger partial charge in [-0.05, 0) is 30.3 Å². The van der Waals surface area contributed by atoms with Crippen LogP contribution in [-0.4, -0.2) is 28.0 Å². The van der Waals surface area contributed by atoms with Crippen molar-refractivity contribution in [1.82, 2.24) is 9.88 Å². The zero-order valence-electron chi connectivity index (χ0n) is 14.6. The van der Waals surface area contributed by atoms with E-state index in [0.29, 0.717) is 10.9 Å². The highest BCUT2D eigenvalue weighted by Crippen LogP contribution is 2.38. The molecule has 140 valence electrons. The molecule has 0 unspecified atom stereocenters. The Labute approximate surface area is 159 Å². The van der Waals surface area contributed by atoms with Crippen LogP contribution in [0.3, 0.4) is 0 Å². The lowest BCUT2D eigenvalue weighted by atomic mass is 10.2. The first-order valence-electron chi connectivity index (χ1n) is 8.23.